The zero-order valence-corrected chi connectivity index (χ0v) is 10.6. The van der Waals surface area contributed by atoms with Crippen LogP contribution in [0.1, 0.15) is 33.1 Å². The first-order valence-electron chi connectivity index (χ1n) is 5.31. The molecule has 0 rings (SSSR count). The summed E-state index contributed by atoms with van der Waals surface area (Å²) in [7, 11) is -3.21. The molecule has 0 heterocycles. The van der Waals surface area contributed by atoms with Gasteiger partial charge in [0.25, 0.3) is 10.1 Å². The fourth-order valence-corrected chi connectivity index (χ4v) is 1.77. The van der Waals surface area contributed by atoms with E-state index in [-0.39, 0.29) is 5.75 Å². The third kappa shape index (κ3) is 16.5. The van der Waals surface area contributed by atoms with Gasteiger partial charge in [-0.25, -0.2) is 0 Å². The van der Waals surface area contributed by atoms with Gasteiger partial charge < -0.3 is 11.5 Å². The molecular weight excluding hydrogens is 216 g/mol. The van der Waals surface area contributed by atoms with Gasteiger partial charge in [0.05, 0.1) is 12.4 Å². The summed E-state index contributed by atoms with van der Waals surface area (Å²) >= 11 is 0. The van der Waals surface area contributed by atoms with Crippen molar-refractivity contribution in [3.8, 4) is 0 Å². The van der Waals surface area contributed by atoms with Gasteiger partial charge in [-0.1, -0.05) is 20.3 Å². The highest BCUT2D eigenvalue weighted by molar-refractivity contribution is 7.86. The van der Waals surface area contributed by atoms with Gasteiger partial charge in [0.2, 0.25) is 0 Å². The van der Waals surface area contributed by atoms with Crippen molar-refractivity contribution in [2.75, 3.05) is 25.4 Å². The van der Waals surface area contributed by atoms with E-state index in [1.54, 1.807) is 0 Å². The van der Waals surface area contributed by atoms with Gasteiger partial charge in [-0.15, -0.1) is 0 Å². The van der Waals surface area contributed by atoms with Crippen molar-refractivity contribution < 1.29 is 12.6 Å². The fraction of sp³-hybridized carbons (Fsp3) is 1.00. The Bertz CT molecular complexity index is 189. The molecule has 0 aromatic heterocycles. The van der Waals surface area contributed by atoms with Crippen molar-refractivity contribution in [1.82, 2.24) is 0 Å². The fourth-order valence-electron chi connectivity index (χ4n) is 0.590. The number of hydrogen-bond acceptors (Lipinski definition) is 5. The van der Waals surface area contributed by atoms with Crippen molar-refractivity contribution in [2.45, 2.75) is 33.1 Å². The Morgan fingerprint density at radius 1 is 1.07 bits per heavy atom. The molecule has 0 radical (unpaired) electrons. The maximum absolute atomic E-state index is 10.9. The molecular formula is C9H24N2O3S. The van der Waals surface area contributed by atoms with E-state index in [4.69, 9.17) is 11.5 Å². The molecule has 0 spiro atoms. The molecule has 0 aliphatic carbocycles. The van der Waals surface area contributed by atoms with E-state index in [0.717, 1.165) is 12.8 Å². The van der Waals surface area contributed by atoms with E-state index >= 15 is 0 Å². The summed E-state index contributed by atoms with van der Waals surface area (Å²) in [6.07, 6.45) is 2.31. The third-order valence-electron chi connectivity index (χ3n) is 1.38. The predicted molar refractivity (Wildman–Crippen MR) is 63.0 cm³/mol. The normalized spacial score (nSPS) is 10.7. The Morgan fingerprint density at radius 2 is 1.60 bits per heavy atom. The lowest BCUT2D eigenvalue weighted by molar-refractivity contribution is 0.317. The number of nitrogens with two attached hydrogens (primary N) is 2. The summed E-state index contributed by atoms with van der Waals surface area (Å²) in [6.45, 7) is 5.34. The van der Waals surface area contributed by atoms with Gasteiger partial charge >= 0.3 is 0 Å². The maximum Gasteiger partial charge on any atom is 0.267 e. The van der Waals surface area contributed by atoms with Crippen LogP contribution in [0.4, 0.5) is 0 Å². The predicted octanol–water partition coefficient (Wildman–Crippen LogP) is 0.447. The molecule has 15 heavy (non-hydrogen) atoms. The smallest absolute Gasteiger partial charge is 0.267 e. The standard InChI is InChI=1S/C7H16O3S.C2H8N2/c1-3-5-7-11(8,9)10-6-4-2;3-1-2-4/h3-7H2,1-2H3;1-4H2. The number of hydrogen-bond donors (Lipinski definition) is 2. The van der Waals surface area contributed by atoms with Gasteiger partial charge in [-0.2, -0.15) is 8.42 Å². The van der Waals surface area contributed by atoms with Crippen LogP contribution in [0.3, 0.4) is 0 Å². The van der Waals surface area contributed by atoms with Gasteiger partial charge in [-0.3, -0.25) is 4.18 Å². The van der Waals surface area contributed by atoms with Crippen molar-refractivity contribution in [3.63, 3.8) is 0 Å². The van der Waals surface area contributed by atoms with Crippen LogP contribution in [0, 0.1) is 0 Å². The van der Waals surface area contributed by atoms with Gasteiger partial charge in [0.15, 0.2) is 0 Å². The Labute approximate surface area is 93.3 Å². The van der Waals surface area contributed by atoms with E-state index in [1.807, 2.05) is 13.8 Å². The van der Waals surface area contributed by atoms with Crippen molar-refractivity contribution >= 4 is 10.1 Å². The second-order valence-electron chi connectivity index (χ2n) is 3.01. The second kappa shape index (κ2) is 11.9. The zero-order valence-electron chi connectivity index (χ0n) is 9.74. The molecule has 0 aromatic carbocycles. The Balaban J connectivity index is 0. The molecule has 94 valence electrons. The van der Waals surface area contributed by atoms with Crippen molar-refractivity contribution in [3.05, 3.63) is 0 Å². The van der Waals surface area contributed by atoms with Gasteiger partial charge in [0.1, 0.15) is 0 Å². The first-order chi connectivity index (χ1) is 7.04. The van der Waals surface area contributed by atoms with Gasteiger partial charge in [0, 0.05) is 13.1 Å². The van der Waals surface area contributed by atoms with Crippen LogP contribution in [0.25, 0.3) is 0 Å². The third-order valence-corrected chi connectivity index (χ3v) is 2.70. The summed E-state index contributed by atoms with van der Waals surface area (Å²) in [5, 5.41) is 0. The van der Waals surface area contributed by atoms with E-state index in [2.05, 4.69) is 4.18 Å². The second-order valence-corrected chi connectivity index (χ2v) is 4.77. The van der Waals surface area contributed by atoms with E-state index in [0.29, 0.717) is 26.1 Å². The molecule has 0 atom stereocenters. The Kier molecular flexibility index (Phi) is 13.7. The summed E-state index contributed by atoms with van der Waals surface area (Å²) in [4.78, 5) is 0. The van der Waals surface area contributed by atoms with E-state index < -0.39 is 10.1 Å². The molecule has 0 saturated heterocycles. The largest absolute Gasteiger partial charge is 0.329 e. The highest BCUT2D eigenvalue weighted by Crippen LogP contribution is 1.99. The highest BCUT2D eigenvalue weighted by atomic mass is 32.2. The number of unbranched alkanes of at least 4 members (excludes halogenated alkanes) is 1. The summed E-state index contributed by atoms with van der Waals surface area (Å²) < 4.78 is 26.5. The van der Waals surface area contributed by atoms with Crippen LogP contribution in [0.5, 0.6) is 0 Å². The molecule has 0 saturated carbocycles. The Hall–Kier alpha value is -0.170. The molecule has 0 aliphatic heterocycles. The molecule has 4 N–H and O–H groups in total. The first kappa shape index (κ1) is 17.2. The molecule has 0 aromatic rings. The van der Waals surface area contributed by atoms with Crippen molar-refractivity contribution in [2.24, 2.45) is 11.5 Å². The van der Waals surface area contributed by atoms with Crippen molar-refractivity contribution in [1.29, 1.82) is 0 Å². The van der Waals surface area contributed by atoms with Crippen LogP contribution >= 0.6 is 0 Å². The highest BCUT2D eigenvalue weighted by Gasteiger charge is 2.08. The lowest BCUT2D eigenvalue weighted by Gasteiger charge is -2.01. The minimum Gasteiger partial charge on any atom is -0.329 e. The number of rotatable bonds is 7. The van der Waals surface area contributed by atoms with Crippen LogP contribution in [-0.4, -0.2) is 33.9 Å². The topological polar surface area (TPSA) is 95.4 Å². The van der Waals surface area contributed by atoms with Crippen LogP contribution in [-0.2, 0) is 14.3 Å². The minimum absolute atomic E-state index is 0.156. The van der Waals surface area contributed by atoms with E-state index in [9.17, 15) is 8.42 Å². The maximum atomic E-state index is 10.9. The molecule has 6 heteroatoms. The molecule has 0 amide bonds. The molecule has 0 bridgehead atoms. The van der Waals surface area contributed by atoms with Gasteiger partial charge in [-0.05, 0) is 12.8 Å². The van der Waals surface area contributed by atoms with Crippen LogP contribution in [0.2, 0.25) is 0 Å². The van der Waals surface area contributed by atoms with Crippen LogP contribution < -0.4 is 11.5 Å². The zero-order chi connectivity index (χ0) is 12.2. The molecule has 0 aliphatic rings. The Morgan fingerprint density at radius 3 is 1.93 bits per heavy atom. The minimum atomic E-state index is -3.21. The monoisotopic (exact) mass is 240 g/mol. The molecule has 0 unspecified atom stereocenters. The average Bonchev–Trinajstić information content (AvgIpc) is 2.24. The summed E-state index contributed by atoms with van der Waals surface area (Å²) in [6, 6.07) is 0. The van der Waals surface area contributed by atoms with E-state index in [1.165, 1.54) is 0 Å². The quantitative estimate of drug-likeness (QED) is 0.630. The summed E-state index contributed by atoms with van der Waals surface area (Å²) in [5.41, 5.74) is 9.81. The lowest BCUT2D eigenvalue weighted by atomic mass is 10.4. The SMILES string of the molecule is CCCCS(=O)(=O)OCCC.NCCN. The molecule has 0 fully saturated rings. The lowest BCUT2D eigenvalue weighted by Crippen LogP contribution is -2.11. The summed E-state index contributed by atoms with van der Waals surface area (Å²) in [5.74, 6) is 0.156. The first-order valence-corrected chi connectivity index (χ1v) is 6.89. The molecule has 5 nitrogen and oxygen atoms in total. The average molecular weight is 240 g/mol. The van der Waals surface area contributed by atoms with Crippen LogP contribution in [0.15, 0.2) is 0 Å².